The van der Waals surface area contributed by atoms with E-state index >= 15 is 0 Å². The van der Waals surface area contributed by atoms with Gasteiger partial charge in [-0.2, -0.15) is 16.8 Å². The fourth-order valence-electron chi connectivity index (χ4n) is 9.86. The summed E-state index contributed by atoms with van der Waals surface area (Å²) in [5.74, 6) is -5.32. The number of nitrogens with zero attached hydrogens (tertiary/aromatic N) is 2. The fraction of sp³-hybridized carbons (Fsp3) is 0.217. The predicted molar refractivity (Wildman–Crippen MR) is 314 cm³/mol. The molecule has 0 saturated heterocycles. The third-order valence-electron chi connectivity index (χ3n) is 13.9. The minimum atomic E-state index is -4.42. The van der Waals surface area contributed by atoms with Crippen molar-refractivity contribution in [2.75, 3.05) is 49.1 Å². The molecule has 0 fully saturated rings. The molecule has 428 valence electrons. The molecular weight excluding hydrogens is 1110 g/mol. The van der Waals surface area contributed by atoms with E-state index in [2.05, 4.69) is 31.2 Å². The van der Waals surface area contributed by atoms with Crippen molar-refractivity contribution in [3.05, 3.63) is 166 Å². The number of rotatable bonds is 23. The Bertz CT molecular complexity index is 4190. The molecule has 7 N–H and O–H groups in total. The second kappa shape index (κ2) is 24.8. The number of nitrogens with one attached hydrogen (secondary N) is 4. The van der Waals surface area contributed by atoms with Crippen LogP contribution in [0.5, 0.6) is 0 Å². The quantitative estimate of drug-likeness (QED) is 0.0138. The zero-order chi connectivity index (χ0) is 59.2. The monoisotopic (exact) mass is 1160 g/mol. The van der Waals surface area contributed by atoms with Crippen molar-refractivity contribution in [3.8, 4) is 33.7 Å². The van der Waals surface area contributed by atoms with Crippen LogP contribution in [0.1, 0.15) is 74.5 Å². The van der Waals surface area contributed by atoms with E-state index in [9.17, 15) is 59.8 Å². The number of carbonyl (C=O) groups is 5. The predicted octanol–water partition coefficient (Wildman–Crippen LogP) is 8.11. The van der Waals surface area contributed by atoms with Crippen molar-refractivity contribution in [2.45, 2.75) is 39.2 Å². The van der Waals surface area contributed by atoms with Crippen LogP contribution in [0.4, 0.5) is 5.69 Å². The number of amides is 4. The van der Waals surface area contributed by atoms with Crippen LogP contribution < -0.4 is 31.8 Å². The van der Waals surface area contributed by atoms with E-state index in [-0.39, 0.29) is 46.7 Å². The Morgan fingerprint density at radius 2 is 1.11 bits per heavy atom. The van der Waals surface area contributed by atoms with Crippen molar-refractivity contribution < 1.29 is 63.9 Å². The molecule has 0 aliphatic carbocycles. The molecule has 21 nitrogen and oxygen atoms in total. The standard InChI is InChI=1S/C60H56N6O15S2/c1-3-66(4-2)42-22-20-37-32-47(60(73)81-51(37)34-42)58-65-49-33-38(21-23-50(49)80-58)54(67)61-24-10-9-15-48(59(71)72)64-57(70)36-18-16-35(17-19-36)52-43-11-5-7-13-45(43)53(46-14-8-6-12-44(46)52)39-29-40(55(68)62-25-27-82(74,75)76)31-41(30-39)56(69)63-26-28-83(77,78)79/h5-8,11-14,16-23,29-34,48H,3-4,9-10,15,24-28H2,1-2H3,(H,61,67)(H,62,68)(H,63,69)(H,64,70)(H,71,72)(H,74,75,76)(H,77,78,79). The van der Waals surface area contributed by atoms with Crippen molar-refractivity contribution >= 4 is 99.1 Å². The Hall–Kier alpha value is -9.29. The summed E-state index contributed by atoms with van der Waals surface area (Å²) in [5.41, 5.74) is 4.36. The molecule has 0 aliphatic rings. The second-order valence-electron chi connectivity index (χ2n) is 19.5. The molecule has 9 aromatic rings. The fourth-order valence-corrected chi connectivity index (χ4v) is 10.6. The van der Waals surface area contributed by atoms with Gasteiger partial charge in [0, 0.05) is 72.1 Å². The van der Waals surface area contributed by atoms with Crippen LogP contribution in [0, 0.1) is 0 Å². The first-order valence-corrected chi connectivity index (χ1v) is 29.6. The third kappa shape index (κ3) is 13.7. The topological polar surface area (TPSA) is 322 Å². The van der Waals surface area contributed by atoms with Crippen LogP contribution in [0.25, 0.3) is 77.3 Å². The number of aliphatic carboxylic acids is 1. The first-order valence-electron chi connectivity index (χ1n) is 26.4. The average molecular weight is 1170 g/mol. The van der Waals surface area contributed by atoms with E-state index in [1.165, 1.54) is 18.2 Å². The van der Waals surface area contributed by atoms with Crippen LogP contribution in [-0.2, 0) is 25.0 Å². The zero-order valence-corrected chi connectivity index (χ0v) is 46.4. The van der Waals surface area contributed by atoms with Gasteiger partial charge in [0.2, 0.25) is 5.89 Å². The maximum absolute atomic E-state index is 13.6. The Balaban J connectivity index is 0.867. The number of carboxylic acids is 1. The number of unbranched alkanes of at least 4 members (excludes halogenated alkanes) is 1. The molecule has 4 amide bonds. The number of hydrogen-bond acceptors (Lipinski definition) is 14. The highest BCUT2D eigenvalue weighted by molar-refractivity contribution is 7.86. The molecule has 9 rings (SSSR count). The highest BCUT2D eigenvalue weighted by Gasteiger charge is 2.24. The van der Waals surface area contributed by atoms with Crippen LogP contribution in [0.2, 0.25) is 0 Å². The first kappa shape index (κ1) is 58.4. The number of carbonyl (C=O) groups excluding carboxylic acids is 4. The average Bonchev–Trinajstić information content (AvgIpc) is 4.08. The molecule has 1 atom stereocenters. The van der Waals surface area contributed by atoms with Crippen molar-refractivity contribution in [1.29, 1.82) is 0 Å². The summed E-state index contributed by atoms with van der Waals surface area (Å²) >= 11 is 0. The van der Waals surface area contributed by atoms with Gasteiger partial charge in [0.05, 0.1) is 11.5 Å². The van der Waals surface area contributed by atoms with E-state index in [1.807, 2.05) is 68.4 Å². The Labute approximate surface area is 475 Å². The summed E-state index contributed by atoms with van der Waals surface area (Å²) in [6, 6.07) is 36.3. The normalized spacial score (nSPS) is 12.1. The number of carboxylic acid groups (broad SMARTS) is 1. The van der Waals surface area contributed by atoms with Gasteiger partial charge < -0.3 is 40.1 Å². The number of fused-ring (bicyclic) bond motifs is 4. The van der Waals surface area contributed by atoms with Crippen molar-refractivity contribution in [1.82, 2.24) is 26.3 Å². The molecule has 0 saturated carbocycles. The highest BCUT2D eigenvalue weighted by atomic mass is 32.2. The molecule has 2 aromatic heterocycles. The number of aromatic nitrogens is 1. The summed E-state index contributed by atoms with van der Waals surface area (Å²) in [6.45, 7) is 4.97. The number of benzene rings is 7. The third-order valence-corrected chi connectivity index (χ3v) is 15.4. The maximum Gasteiger partial charge on any atom is 0.349 e. The lowest BCUT2D eigenvalue weighted by molar-refractivity contribution is -0.139. The van der Waals surface area contributed by atoms with E-state index in [0.717, 1.165) is 35.1 Å². The Morgan fingerprint density at radius 3 is 1.66 bits per heavy atom. The van der Waals surface area contributed by atoms with Gasteiger partial charge in [-0.3, -0.25) is 28.3 Å². The van der Waals surface area contributed by atoms with Gasteiger partial charge in [0.25, 0.3) is 43.9 Å². The SMILES string of the molecule is CCN(CC)c1ccc2cc(-c3nc4cc(C(=O)NCCCCC(NC(=O)c5ccc(-c6c7ccccc7c(-c7cc(C(=O)NCCS(=O)(=O)O)cc(C(=O)NCCS(=O)(=O)O)c7)c7ccccc67)cc5)C(=O)O)ccc4o3)c(=O)oc2c1. The molecule has 0 bridgehead atoms. The summed E-state index contributed by atoms with van der Waals surface area (Å²) < 4.78 is 75.6. The van der Waals surface area contributed by atoms with Gasteiger partial charge in [0.15, 0.2) is 5.58 Å². The minimum Gasteiger partial charge on any atom is -0.480 e. The van der Waals surface area contributed by atoms with Crippen molar-refractivity contribution in [2.24, 2.45) is 0 Å². The molecule has 2 heterocycles. The lowest BCUT2D eigenvalue weighted by Gasteiger charge is -2.20. The molecule has 0 aliphatic heterocycles. The van der Waals surface area contributed by atoms with E-state index < -0.39 is 86.1 Å². The van der Waals surface area contributed by atoms with Crippen LogP contribution in [0.3, 0.4) is 0 Å². The van der Waals surface area contributed by atoms with Gasteiger partial charge in [-0.25, -0.2) is 14.6 Å². The summed E-state index contributed by atoms with van der Waals surface area (Å²) in [6.07, 6.45) is 0.792. The Kier molecular flexibility index (Phi) is 17.5. The highest BCUT2D eigenvalue weighted by Crippen LogP contribution is 2.44. The number of anilines is 1. The smallest absolute Gasteiger partial charge is 0.349 e. The largest absolute Gasteiger partial charge is 0.480 e. The summed E-state index contributed by atoms with van der Waals surface area (Å²) in [7, 11) is -8.85. The van der Waals surface area contributed by atoms with Crippen molar-refractivity contribution in [3.63, 3.8) is 0 Å². The lowest BCUT2D eigenvalue weighted by atomic mass is 9.85. The first-order chi connectivity index (χ1) is 39.7. The molecule has 7 aromatic carbocycles. The number of oxazole rings is 1. The van der Waals surface area contributed by atoms with Gasteiger partial charge in [0.1, 0.15) is 22.7 Å². The van der Waals surface area contributed by atoms with E-state index in [1.54, 1.807) is 60.7 Å². The molecule has 0 radical (unpaired) electrons. The van der Waals surface area contributed by atoms with Crippen LogP contribution >= 0.6 is 0 Å². The van der Waals surface area contributed by atoms with Gasteiger partial charge in [-0.1, -0.05) is 60.7 Å². The Morgan fingerprint density at radius 1 is 0.566 bits per heavy atom. The summed E-state index contributed by atoms with van der Waals surface area (Å²) in [5, 5.41) is 23.9. The van der Waals surface area contributed by atoms with Gasteiger partial charge in [-0.05, 0) is 144 Å². The van der Waals surface area contributed by atoms with E-state index in [0.29, 0.717) is 62.4 Å². The zero-order valence-electron chi connectivity index (χ0n) is 44.8. The number of hydrogen-bond donors (Lipinski definition) is 7. The molecule has 23 heteroatoms. The molecule has 1 unspecified atom stereocenters. The molecular formula is C60H56N6O15S2. The van der Waals surface area contributed by atoms with Crippen LogP contribution in [0.15, 0.2) is 147 Å². The minimum absolute atomic E-state index is 0.0439. The van der Waals surface area contributed by atoms with Gasteiger partial charge >= 0.3 is 11.6 Å². The second-order valence-corrected chi connectivity index (χ2v) is 22.6. The molecule has 0 spiro atoms. The molecule has 83 heavy (non-hydrogen) atoms. The lowest BCUT2D eigenvalue weighted by Crippen LogP contribution is -2.40. The maximum atomic E-state index is 13.6. The van der Waals surface area contributed by atoms with Crippen LogP contribution in [-0.4, -0.2) is 116 Å². The van der Waals surface area contributed by atoms with Gasteiger partial charge in [-0.15, -0.1) is 0 Å². The van der Waals surface area contributed by atoms with E-state index in [4.69, 9.17) is 8.83 Å². The summed E-state index contributed by atoms with van der Waals surface area (Å²) in [4.78, 5) is 86.0.